The molecule has 3 aliphatic rings. The number of carbonyl (C=O) groups excluding carboxylic acids is 3. The third-order valence-electron chi connectivity index (χ3n) is 7.34. The van der Waals surface area contributed by atoms with E-state index in [1.165, 1.54) is 4.90 Å². The third-order valence-corrected chi connectivity index (χ3v) is 7.34. The lowest BCUT2D eigenvalue weighted by Crippen LogP contribution is -2.46. The van der Waals surface area contributed by atoms with Gasteiger partial charge >= 0.3 is 6.09 Å². The molecule has 3 aliphatic heterocycles. The van der Waals surface area contributed by atoms with E-state index >= 15 is 0 Å². The lowest BCUT2D eigenvalue weighted by Gasteiger charge is -2.36. The highest BCUT2D eigenvalue weighted by molar-refractivity contribution is 6.06. The van der Waals surface area contributed by atoms with Gasteiger partial charge < -0.3 is 25.2 Å². The van der Waals surface area contributed by atoms with Gasteiger partial charge in [0, 0.05) is 35.8 Å². The number of anilines is 2. The van der Waals surface area contributed by atoms with Gasteiger partial charge in [0.25, 0.3) is 5.91 Å². The fraction of sp³-hybridized carbons (Fsp3) is 0.370. The smallest absolute Gasteiger partial charge is 0.414 e. The van der Waals surface area contributed by atoms with Gasteiger partial charge in [0.05, 0.1) is 19.2 Å². The highest BCUT2D eigenvalue weighted by Gasteiger charge is 2.49. The second kappa shape index (κ2) is 9.40. The molecule has 9 nitrogen and oxygen atoms in total. The fourth-order valence-electron chi connectivity index (χ4n) is 5.22. The zero-order valence-corrected chi connectivity index (χ0v) is 20.0. The van der Waals surface area contributed by atoms with Gasteiger partial charge in [0.15, 0.2) is 5.60 Å². The zero-order chi connectivity index (χ0) is 25.4. The number of hydrogen-bond donors (Lipinski definition) is 3. The van der Waals surface area contributed by atoms with E-state index in [4.69, 9.17) is 4.74 Å². The van der Waals surface area contributed by atoms with Crippen molar-refractivity contribution in [2.45, 2.75) is 38.0 Å². The normalized spacial score (nSPS) is 23.9. The monoisotopic (exact) mass is 491 g/mol. The first kappa shape index (κ1) is 24.0. The second-order valence-corrected chi connectivity index (χ2v) is 9.47. The Balaban J connectivity index is 1.31. The molecule has 188 valence electrons. The van der Waals surface area contributed by atoms with Crippen LogP contribution < -0.4 is 10.2 Å². The number of rotatable bonds is 6. The number of hydrogen-bond acceptors (Lipinski definition) is 6. The summed E-state index contributed by atoms with van der Waals surface area (Å²) in [4.78, 5) is 41.0. The summed E-state index contributed by atoms with van der Waals surface area (Å²) in [6.07, 6.45) is 3.53. The molecule has 2 aromatic rings. The Hall–Kier alpha value is -3.69. The standard InChI is InChI=1S/C27H29N3O6/c1-17(5-4-8-24(32)30-15-19-7-3-2-6-18(19)13-21(30)16-31)27(35)22-14-20(29-11-12-36-26(29)34)9-10-23(22)28-25(27)33/h2-7,9-10,14,17,21,31,35H,8,11-13,15-16H2,1H3,(H,28,33)/b5-4+/t17-,21+,27+/m1/s1. The van der Waals surface area contributed by atoms with Crippen molar-refractivity contribution in [1.29, 1.82) is 0 Å². The molecule has 3 N–H and O–H groups in total. The summed E-state index contributed by atoms with van der Waals surface area (Å²) in [6.45, 7) is 2.70. The van der Waals surface area contributed by atoms with E-state index < -0.39 is 23.5 Å². The van der Waals surface area contributed by atoms with Gasteiger partial charge in [-0.2, -0.15) is 0 Å². The van der Waals surface area contributed by atoms with E-state index in [2.05, 4.69) is 5.32 Å². The second-order valence-electron chi connectivity index (χ2n) is 9.47. The molecule has 0 aromatic heterocycles. The van der Waals surface area contributed by atoms with Crippen LogP contribution in [-0.2, 0) is 32.9 Å². The Kier molecular flexibility index (Phi) is 6.27. The maximum atomic E-state index is 13.0. The topological polar surface area (TPSA) is 119 Å². The average Bonchev–Trinajstić information content (AvgIpc) is 3.43. The number of fused-ring (bicyclic) bond motifs is 2. The maximum absolute atomic E-state index is 13.0. The van der Waals surface area contributed by atoms with E-state index in [0.717, 1.165) is 11.1 Å². The number of nitrogens with one attached hydrogen (secondary N) is 1. The predicted octanol–water partition coefficient (Wildman–Crippen LogP) is 2.31. The number of benzene rings is 2. The van der Waals surface area contributed by atoms with Crippen LogP contribution in [-0.4, -0.2) is 58.8 Å². The third kappa shape index (κ3) is 4.04. The van der Waals surface area contributed by atoms with Crippen molar-refractivity contribution < 1.29 is 29.3 Å². The van der Waals surface area contributed by atoms with Gasteiger partial charge in [-0.1, -0.05) is 43.3 Å². The number of amides is 3. The first-order valence-corrected chi connectivity index (χ1v) is 12.1. The number of aliphatic hydroxyl groups excluding tert-OH is 1. The molecule has 36 heavy (non-hydrogen) atoms. The van der Waals surface area contributed by atoms with E-state index in [0.29, 0.717) is 36.4 Å². The van der Waals surface area contributed by atoms with E-state index in [1.54, 1.807) is 42.2 Å². The van der Waals surface area contributed by atoms with Crippen molar-refractivity contribution >= 4 is 29.3 Å². The first-order chi connectivity index (χ1) is 17.3. The average molecular weight is 492 g/mol. The number of cyclic esters (lactones) is 1. The molecule has 0 bridgehead atoms. The Morgan fingerprint density at radius 3 is 2.75 bits per heavy atom. The van der Waals surface area contributed by atoms with Gasteiger partial charge in [-0.3, -0.25) is 14.5 Å². The summed E-state index contributed by atoms with van der Waals surface area (Å²) in [7, 11) is 0. The number of ether oxygens (including phenoxy) is 1. The predicted molar refractivity (Wildman–Crippen MR) is 132 cm³/mol. The number of nitrogens with zero attached hydrogens (tertiary/aromatic N) is 2. The van der Waals surface area contributed by atoms with Crippen LogP contribution in [0, 0.1) is 5.92 Å². The summed E-state index contributed by atoms with van der Waals surface area (Å²) >= 11 is 0. The Bertz CT molecular complexity index is 1240. The van der Waals surface area contributed by atoms with E-state index in [9.17, 15) is 24.6 Å². The first-order valence-electron chi connectivity index (χ1n) is 12.1. The molecule has 3 amide bonds. The molecule has 0 unspecified atom stereocenters. The van der Waals surface area contributed by atoms with Gasteiger partial charge in [0.2, 0.25) is 5.91 Å². The minimum atomic E-state index is -1.85. The molecule has 0 aliphatic carbocycles. The van der Waals surface area contributed by atoms with Gasteiger partial charge in [-0.15, -0.1) is 0 Å². The molecule has 0 radical (unpaired) electrons. The molecule has 3 atom stereocenters. The van der Waals surface area contributed by atoms with Gasteiger partial charge in [0.1, 0.15) is 6.61 Å². The van der Waals surface area contributed by atoms with Crippen molar-refractivity contribution in [1.82, 2.24) is 4.90 Å². The van der Waals surface area contributed by atoms with Crippen molar-refractivity contribution in [3.63, 3.8) is 0 Å². The van der Waals surface area contributed by atoms with Crippen LogP contribution in [0.1, 0.15) is 30.0 Å². The molecule has 5 rings (SSSR count). The molecular formula is C27H29N3O6. The SMILES string of the molecule is C[C@H](/C=C/CC(=O)N1Cc2ccccc2C[C@H]1CO)[C@@]1(O)C(=O)Nc2ccc(N3CCOC3=O)cc21. The summed E-state index contributed by atoms with van der Waals surface area (Å²) in [5.41, 5.74) is 1.75. The van der Waals surface area contributed by atoms with Crippen LogP contribution in [0.25, 0.3) is 0 Å². The lowest BCUT2D eigenvalue weighted by molar-refractivity contribution is -0.137. The van der Waals surface area contributed by atoms with Crippen LogP contribution in [0.2, 0.25) is 0 Å². The molecule has 3 heterocycles. The van der Waals surface area contributed by atoms with Crippen LogP contribution in [0.3, 0.4) is 0 Å². The van der Waals surface area contributed by atoms with Gasteiger partial charge in [-0.05, 0) is 35.7 Å². The summed E-state index contributed by atoms with van der Waals surface area (Å²) in [5, 5.41) is 24.0. The lowest BCUT2D eigenvalue weighted by atomic mass is 9.82. The summed E-state index contributed by atoms with van der Waals surface area (Å²) < 4.78 is 5.00. The molecule has 1 fully saturated rings. The van der Waals surface area contributed by atoms with Gasteiger partial charge in [-0.25, -0.2) is 4.79 Å². The van der Waals surface area contributed by atoms with E-state index in [-0.39, 0.29) is 31.6 Å². The molecule has 1 saturated heterocycles. The minimum Gasteiger partial charge on any atom is -0.447 e. The summed E-state index contributed by atoms with van der Waals surface area (Å²) in [6, 6.07) is 12.6. The fourth-order valence-corrected chi connectivity index (χ4v) is 5.22. The molecule has 2 aromatic carbocycles. The quantitative estimate of drug-likeness (QED) is 0.534. The van der Waals surface area contributed by atoms with Crippen molar-refractivity contribution in [2.24, 2.45) is 5.92 Å². The van der Waals surface area contributed by atoms with Crippen LogP contribution in [0.5, 0.6) is 0 Å². The van der Waals surface area contributed by atoms with Crippen molar-refractivity contribution in [3.8, 4) is 0 Å². The minimum absolute atomic E-state index is 0.0766. The van der Waals surface area contributed by atoms with Crippen LogP contribution >= 0.6 is 0 Å². The molecule has 0 saturated carbocycles. The van der Waals surface area contributed by atoms with Crippen LogP contribution in [0.15, 0.2) is 54.6 Å². The largest absolute Gasteiger partial charge is 0.447 e. The zero-order valence-electron chi connectivity index (χ0n) is 20.0. The highest BCUT2D eigenvalue weighted by Crippen LogP contribution is 2.43. The Labute approximate surface area is 209 Å². The van der Waals surface area contributed by atoms with Crippen LogP contribution in [0.4, 0.5) is 16.2 Å². The Morgan fingerprint density at radius 2 is 2.03 bits per heavy atom. The highest BCUT2D eigenvalue weighted by atomic mass is 16.6. The molecule has 0 spiro atoms. The maximum Gasteiger partial charge on any atom is 0.414 e. The molecular weight excluding hydrogens is 462 g/mol. The summed E-state index contributed by atoms with van der Waals surface area (Å²) in [5.74, 6) is -1.34. The number of aliphatic hydroxyl groups is 2. The van der Waals surface area contributed by atoms with Crippen molar-refractivity contribution in [3.05, 3.63) is 71.3 Å². The van der Waals surface area contributed by atoms with E-state index in [1.807, 2.05) is 24.3 Å². The molecule has 9 heteroatoms. The van der Waals surface area contributed by atoms with Crippen molar-refractivity contribution in [2.75, 3.05) is 30.0 Å². The number of carbonyl (C=O) groups is 3. The Morgan fingerprint density at radius 1 is 1.25 bits per heavy atom.